The summed E-state index contributed by atoms with van der Waals surface area (Å²) >= 11 is 5.83. The summed E-state index contributed by atoms with van der Waals surface area (Å²) in [5, 5.41) is 8.59. The van der Waals surface area contributed by atoms with Crippen LogP contribution < -0.4 is 0 Å². The van der Waals surface area contributed by atoms with Crippen molar-refractivity contribution in [1.82, 2.24) is 10.2 Å². The third-order valence-corrected chi connectivity index (χ3v) is 3.08. The molecule has 1 atom stereocenters. The van der Waals surface area contributed by atoms with E-state index >= 15 is 0 Å². The minimum absolute atomic E-state index is 0.152. The van der Waals surface area contributed by atoms with Crippen molar-refractivity contribution in [2.45, 2.75) is 19.6 Å². The quantitative estimate of drug-likeness (QED) is 0.628. The van der Waals surface area contributed by atoms with E-state index in [4.69, 9.17) is 21.1 Å². The lowest BCUT2D eigenvalue weighted by Crippen LogP contribution is -2.18. The first-order valence-corrected chi connectivity index (χ1v) is 6.77. The highest BCUT2D eigenvalue weighted by Crippen LogP contribution is 2.12. The van der Waals surface area contributed by atoms with E-state index in [0.29, 0.717) is 11.4 Å². The SMILES string of the molecule is COC(C)OC(=O)c1ccc(Cc2ccc(Cl)cc2)nn1. The largest absolute Gasteiger partial charge is 0.431 e. The van der Waals surface area contributed by atoms with Crippen molar-refractivity contribution in [2.75, 3.05) is 7.11 Å². The molecule has 0 aliphatic rings. The van der Waals surface area contributed by atoms with Gasteiger partial charge in [0.05, 0.1) is 5.69 Å². The van der Waals surface area contributed by atoms with Crippen molar-refractivity contribution in [2.24, 2.45) is 0 Å². The second-order valence-corrected chi connectivity index (χ2v) is 4.86. The molecule has 1 aromatic heterocycles. The molecule has 0 N–H and O–H groups in total. The van der Waals surface area contributed by atoms with Gasteiger partial charge in [-0.2, -0.15) is 5.10 Å². The molecular weight excluding hydrogens is 292 g/mol. The molecule has 21 heavy (non-hydrogen) atoms. The van der Waals surface area contributed by atoms with Gasteiger partial charge in [0.1, 0.15) is 0 Å². The third-order valence-electron chi connectivity index (χ3n) is 2.83. The minimum Gasteiger partial charge on any atom is -0.431 e. The number of hydrogen-bond donors (Lipinski definition) is 0. The highest BCUT2D eigenvalue weighted by atomic mass is 35.5. The zero-order valence-electron chi connectivity index (χ0n) is 11.7. The van der Waals surface area contributed by atoms with Crippen LogP contribution in [0, 0.1) is 0 Å². The Morgan fingerprint density at radius 2 is 1.90 bits per heavy atom. The zero-order valence-corrected chi connectivity index (χ0v) is 12.5. The molecule has 0 spiro atoms. The topological polar surface area (TPSA) is 61.3 Å². The highest BCUT2D eigenvalue weighted by molar-refractivity contribution is 6.30. The van der Waals surface area contributed by atoms with Gasteiger partial charge in [-0.25, -0.2) is 4.79 Å². The van der Waals surface area contributed by atoms with Crippen molar-refractivity contribution in [3.05, 3.63) is 58.4 Å². The lowest BCUT2D eigenvalue weighted by molar-refractivity contribution is -0.0777. The third kappa shape index (κ3) is 4.51. The van der Waals surface area contributed by atoms with E-state index in [0.717, 1.165) is 11.3 Å². The number of methoxy groups -OCH3 is 1. The summed E-state index contributed by atoms with van der Waals surface area (Å²) in [6.07, 6.45) is 0.00147. The summed E-state index contributed by atoms with van der Waals surface area (Å²) in [6, 6.07) is 10.8. The summed E-state index contributed by atoms with van der Waals surface area (Å²) in [5.74, 6) is -0.560. The van der Waals surface area contributed by atoms with Gasteiger partial charge in [0, 0.05) is 18.6 Å². The maximum Gasteiger partial charge on any atom is 0.361 e. The number of benzene rings is 1. The first-order valence-electron chi connectivity index (χ1n) is 6.39. The van der Waals surface area contributed by atoms with E-state index < -0.39 is 12.3 Å². The standard InChI is InChI=1S/C15H15ClN2O3/c1-10(20-2)21-15(19)14-8-7-13(17-18-14)9-11-3-5-12(16)6-4-11/h3-8,10H,9H2,1-2H3. The number of rotatable bonds is 5. The Balaban J connectivity index is 2.01. The lowest BCUT2D eigenvalue weighted by atomic mass is 10.1. The molecule has 0 radical (unpaired) electrons. The molecule has 0 fully saturated rings. The van der Waals surface area contributed by atoms with E-state index in [1.807, 2.05) is 24.3 Å². The number of hydrogen-bond acceptors (Lipinski definition) is 5. The molecule has 0 bridgehead atoms. The zero-order chi connectivity index (χ0) is 15.2. The molecule has 110 valence electrons. The van der Waals surface area contributed by atoms with Crippen LogP contribution in [0.15, 0.2) is 36.4 Å². The predicted molar refractivity (Wildman–Crippen MR) is 78.2 cm³/mol. The average Bonchev–Trinajstić information content (AvgIpc) is 2.50. The molecule has 5 nitrogen and oxygen atoms in total. The molecule has 1 aromatic carbocycles. The van der Waals surface area contributed by atoms with Gasteiger partial charge in [-0.15, -0.1) is 5.10 Å². The average molecular weight is 307 g/mol. The number of nitrogens with zero attached hydrogens (tertiary/aromatic N) is 2. The number of esters is 1. The number of aromatic nitrogens is 2. The highest BCUT2D eigenvalue weighted by Gasteiger charge is 2.13. The van der Waals surface area contributed by atoms with Crippen molar-refractivity contribution in [1.29, 1.82) is 0 Å². The van der Waals surface area contributed by atoms with Gasteiger partial charge < -0.3 is 9.47 Å². The number of carbonyl (C=O) groups excluding carboxylic acids is 1. The monoisotopic (exact) mass is 306 g/mol. The molecule has 1 unspecified atom stereocenters. The Bertz CT molecular complexity index is 599. The van der Waals surface area contributed by atoms with Crippen molar-refractivity contribution in [3.63, 3.8) is 0 Å². The molecule has 2 aromatic rings. The summed E-state index contributed by atoms with van der Waals surface area (Å²) in [6.45, 7) is 1.63. The number of carbonyl (C=O) groups is 1. The van der Waals surface area contributed by atoms with Crippen LogP contribution in [0.2, 0.25) is 5.02 Å². The summed E-state index contributed by atoms with van der Waals surface area (Å²) in [7, 11) is 1.46. The molecule has 2 rings (SSSR count). The van der Waals surface area contributed by atoms with Crippen LogP contribution in [0.5, 0.6) is 0 Å². The normalized spacial score (nSPS) is 12.0. The van der Waals surface area contributed by atoms with Crippen LogP contribution in [0.3, 0.4) is 0 Å². The maximum atomic E-state index is 11.7. The van der Waals surface area contributed by atoms with Crippen LogP contribution in [-0.4, -0.2) is 29.6 Å². The van der Waals surface area contributed by atoms with E-state index in [1.165, 1.54) is 7.11 Å². The van der Waals surface area contributed by atoms with Gasteiger partial charge in [-0.05, 0) is 36.8 Å². The van der Waals surface area contributed by atoms with Gasteiger partial charge in [0.2, 0.25) is 0 Å². The Morgan fingerprint density at radius 1 is 1.19 bits per heavy atom. The van der Waals surface area contributed by atoms with Gasteiger partial charge in [0.25, 0.3) is 0 Å². The van der Waals surface area contributed by atoms with Crippen LogP contribution >= 0.6 is 11.6 Å². The fourth-order valence-electron chi connectivity index (χ4n) is 1.63. The Kier molecular flexibility index (Phi) is 5.25. The first kappa shape index (κ1) is 15.4. The van der Waals surface area contributed by atoms with Crippen molar-refractivity contribution < 1.29 is 14.3 Å². The van der Waals surface area contributed by atoms with E-state index in [1.54, 1.807) is 19.1 Å². The van der Waals surface area contributed by atoms with Gasteiger partial charge in [-0.1, -0.05) is 23.7 Å². The summed E-state index contributed by atoms with van der Waals surface area (Å²) in [4.78, 5) is 11.7. The van der Waals surface area contributed by atoms with Gasteiger partial charge >= 0.3 is 5.97 Å². The summed E-state index contributed by atoms with van der Waals surface area (Å²) in [5.41, 5.74) is 1.98. The Hall–Kier alpha value is -1.98. The summed E-state index contributed by atoms with van der Waals surface area (Å²) < 4.78 is 9.83. The molecule has 6 heteroatoms. The van der Waals surface area contributed by atoms with Crippen LogP contribution in [0.4, 0.5) is 0 Å². The molecule has 1 heterocycles. The second kappa shape index (κ2) is 7.15. The van der Waals surface area contributed by atoms with Gasteiger partial charge in [0.15, 0.2) is 12.0 Å². The smallest absolute Gasteiger partial charge is 0.361 e. The Morgan fingerprint density at radius 3 is 2.48 bits per heavy atom. The van der Waals surface area contributed by atoms with E-state index in [2.05, 4.69) is 10.2 Å². The fraction of sp³-hybridized carbons (Fsp3) is 0.267. The van der Waals surface area contributed by atoms with E-state index in [-0.39, 0.29) is 5.69 Å². The van der Waals surface area contributed by atoms with Crippen LogP contribution in [0.1, 0.15) is 28.7 Å². The molecular formula is C15H15ClN2O3. The van der Waals surface area contributed by atoms with E-state index in [9.17, 15) is 4.79 Å². The Labute approximate surface area is 127 Å². The molecule has 0 aliphatic carbocycles. The van der Waals surface area contributed by atoms with Crippen molar-refractivity contribution in [3.8, 4) is 0 Å². The lowest BCUT2D eigenvalue weighted by Gasteiger charge is -2.10. The van der Waals surface area contributed by atoms with Crippen LogP contribution in [-0.2, 0) is 15.9 Å². The molecule has 0 aliphatic heterocycles. The molecule has 0 amide bonds. The first-order chi connectivity index (χ1) is 10.1. The molecule has 0 saturated carbocycles. The molecule has 0 saturated heterocycles. The number of halogens is 1. The van der Waals surface area contributed by atoms with Gasteiger partial charge in [-0.3, -0.25) is 0 Å². The maximum absolute atomic E-state index is 11.7. The number of ether oxygens (including phenoxy) is 2. The van der Waals surface area contributed by atoms with Crippen LogP contribution in [0.25, 0.3) is 0 Å². The fourth-order valence-corrected chi connectivity index (χ4v) is 1.76. The predicted octanol–water partition coefficient (Wildman–Crippen LogP) is 2.87. The minimum atomic E-state index is -0.618. The second-order valence-electron chi connectivity index (χ2n) is 4.42. The van der Waals surface area contributed by atoms with Crippen molar-refractivity contribution >= 4 is 17.6 Å².